The molecule has 0 aromatic carbocycles. The van der Waals surface area contributed by atoms with Gasteiger partial charge in [-0.15, -0.1) is 0 Å². The number of nitrogens with one attached hydrogen (secondary N) is 2. The lowest BCUT2D eigenvalue weighted by atomic mass is 10.1. The maximum absolute atomic E-state index is 11.6. The zero-order valence-corrected chi connectivity index (χ0v) is 8.95. The minimum absolute atomic E-state index is 0.0239. The summed E-state index contributed by atoms with van der Waals surface area (Å²) in [5, 5.41) is 5.92. The molecule has 0 aliphatic carbocycles. The van der Waals surface area contributed by atoms with Gasteiger partial charge in [0.05, 0.1) is 6.54 Å². The Morgan fingerprint density at radius 3 is 2.93 bits per heavy atom. The highest BCUT2D eigenvalue weighted by molar-refractivity contribution is 5.94. The summed E-state index contributed by atoms with van der Waals surface area (Å²) in [6.45, 7) is 3.61. The predicted molar refractivity (Wildman–Crippen MR) is 55.2 cm³/mol. The van der Waals surface area contributed by atoms with Crippen molar-refractivity contribution in [3.05, 3.63) is 0 Å². The SMILES string of the molecule is CC1C(=O)NCC(=O)N1CC1CCCN1. The van der Waals surface area contributed by atoms with Gasteiger partial charge in [0.25, 0.3) is 0 Å². The van der Waals surface area contributed by atoms with Crippen LogP contribution in [0, 0.1) is 0 Å². The van der Waals surface area contributed by atoms with E-state index in [1.165, 1.54) is 0 Å². The highest BCUT2D eigenvalue weighted by Crippen LogP contribution is 2.11. The number of carbonyl (C=O) groups is 2. The third-order valence-electron chi connectivity index (χ3n) is 3.16. The third kappa shape index (κ3) is 2.12. The molecule has 2 fully saturated rings. The van der Waals surface area contributed by atoms with Crippen LogP contribution in [0.1, 0.15) is 19.8 Å². The molecule has 0 spiro atoms. The molecule has 2 aliphatic heterocycles. The van der Waals surface area contributed by atoms with Gasteiger partial charge in [-0.2, -0.15) is 0 Å². The van der Waals surface area contributed by atoms with Crippen LogP contribution in [0.3, 0.4) is 0 Å². The molecule has 2 rings (SSSR count). The Morgan fingerprint density at radius 1 is 1.47 bits per heavy atom. The Hall–Kier alpha value is -1.10. The first-order valence-electron chi connectivity index (χ1n) is 5.49. The Morgan fingerprint density at radius 2 is 2.27 bits per heavy atom. The van der Waals surface area contributed by atoms with E-state index in [9.17, 15) is 9.59 Å². The van der Waals surface area contributed by atoms with Gasteiger partial charge in [0.1, 0.15) is 6.04 Å². The topological polar surface area (TPSA) is 61.4 Å². The maximum atomic E-state index is 11.6. The molecule has 0 bridgehead atoms. The van der Waals surface area contributed by atoms with E-state index in [4.69, 9.17) is 0 Å². The maximum Gasteiger partial charge on any atom is 0.242 e. The minimum Gasteiger partial charge on any atom is -0.345 e. The molecular weight excluding hydrogens is 194 g/mol. The van der Waals surface area contributed by atoms with E-state index in [0.717, 1.165) is 19.4 Å². The molecule has 2 N–H and O–H groups in total. The van der Waals surface area contributed by atoms with Crippen LogP contribution in [0.15, 0.2) is 0 Å². The van der Waals surface area contributed by atoms with E-state index in [0.29, 0.717) is 12.6 Å². The molecule has 0 aromatic rings. The molecule has 5 nitrogen and oxygen atoms in total. The van der Waals surface area contributed by atoms with Gasteiger partial charge >= 0.3 is 0 Å². The van der Waals surface area contributed by atoms with Crippen molar-refractivity contribution in [2.45, 2.75) is 31.8 Å². The van der Waals surface area contributed by atoms with Crippen LogP contribution in [0.2, 0.25) is 0 Å². The first kappa shape index (κ1) is 10.4. The Kier molecular flexibility index (Phi) is 2.90. The Labute approximate surface area is 89.2 Å². The highest BCUT2D eigenvalue weighted by Gasteiger charge is 2.32. The first-order chi connectivity index (χ1) is 7.18. The first-order valence-corrected chi connectivity index (χ1v) is 5.49. The van der Waals surface area contributed by atoms with E-state index in [1.54, 1.807) is 11.8 Å². The average Bonchev–Trinajstić information content (AvgIpc) is 2.71. The summed E-state index contributed by atoms with van der Waals surface area (Å²) in [4.78, 5) is 24.7. The molecule has 2 aliphatic rings. The summed E-state index contributed by atoms with van der Waals surface area (Å²) >= 11 is 0. The smallest absolute Gasteiger partial charge is 0.242 e. The van der Waals surface area contributed by atoms with E-state index >= 15 is 0 Å². The molecule has 0 aromatic heterocycles. The fourth-order valence-electron chi connectivity index (χ4n) is 2.18. The van der Waals surface area contributed by atoms with E-state index in [2.05, 4.69) is 10.6 Å². The van der Waals surface area contributed by atoms with Crippen LogP contribution in [0.5, 0.6) is 0 Å². The predicted octanol–water partition coefficient (Wildman–Crippen LogP) is -0.915. The standard InChI is InChI=1S/C10H17N3O2/c1-7-10(15)12-5-9(14)13(7)6-8-3-2-4-11-8/h7-8,11H,2-6H2,1H3,(H,12,15). The zero-order chi connectivity index (χ0) is 10.8. The molecule has 15 heavy (non-hydrogen) atoms. The van der Waals surface area contributed by atoms with Gasteiger partial charge in [-0.3, -0.25) is 9.59 Å². The van der Waals surface area contributed by atoms with Crippen LogP contribution in [-0.4, -0.2) is 48.4 Å². The zero-order valence-electron chi connectivity index (χ0n) is 8.95. The van der Waals surface area contributed by atoms with Crippen LogP contribution >= 0.6 is 0 Å². The van der Waals surface area contributed by atoms with Crippen molar-refractivity contribution in [2.24, 2.45) is 0 Å². The fourth-order valence-corrected chi connectivity index (χ4v) is 2.18. The number of piperazine rings is 1. The average molecular weight is 211 g/mol. The van der Waals surface area contributed by atoms with Gasteiger partial charge in [-0.05, 0) is 26.3 Å². The largest absolute Gasteiger partial charge is 0.345 e. The summed E-state index contributed by atoms with van der Waals surface area (Å²) in [6.07, 6.45) is 2.26. The monoisotopic (exact) mass is 211 g/mol. The molecule has 0 radical (unpaired) electrons. The molecule has 5 heteroatoms. The molecule has 2 unspecified atom stereocenters. The number of carbonyl (C=O) groups excluding carboxylic acids is 2. The molecule has 2 amide bonds. The molecule has 0 saturated carbocycles. The van der Waals surface area contributed by atoms with E-state index in [-0.39, 0.29) is 24.4 Å². The number of amides is 2. The Balaban J connectivity index is 1.97. The summed E-state index contributed by atoms with van der Waals surface area (Å²) < 4.78 is 0. The second kappa shape index (κ2) is 4.18. The van der Waals surface area contributed by atoms with Crippen LogP contribution in [0.25, 0.3) is 0 Å². The lowest BCUT2D eigenvalue weighted by Gasteiger charge is -2.34. The highest BCUT2D eigenvalue weighted by atomic mass is 16.2. The minimum atomic E-state index is -0.325. The van der Waals surface area contributed by atoms with E-state index in [1.807, 2.05) is 0 Å². The van der Waals surface area contributed by atoms with Gasteiger partial charge < -0.3 is 15.5 Å². The Bertz CT molecular complexity index is 274. The lowest BCUT2D eigenvalue weighted by Crippen LogP contribution is -2.59. The van der Waals surface area contributed by atoms with Gasteiger partial charge in [0.2, 0.25) is 11.8 Å². The molecule has 2 atom stereocenters. The number of nitrogens with zero attached hydrogens (tertiary/aromatic N) is 1. The summed E-state index contributed by atoms with van der Waals surface area (Å²) in [5.41, 5.74) is 0. The third-order valence-corrected chi connectivity index (χ3v) is 3.16. The van der Waals surface area contributed by atoms with Gasteiger partial charge in [-0.1, -0.05) is 0 Å². The van der Waals surface area contributed by atoms with Crippen molar-refractivity contribution < 1.29 is 9.59 Å². The normalized spacial score (nSPS) is 31.9. The van der Waals surface area contributed by atoms with Crippen molar-refractivity contribution in [1.29, 1.82) is 0 Å². The summed E-state index contributed by atoms with van der Waals surface area (Å²) in [7, 11) is 0. The molecular formula is C10H17N3O2. The molecule has 2 heterocycles. The van der Waals surface area contributed by atoms with Crippen molar-refractivity contribution in [1.82, 2.24) is 15.5 Å². The van der Waals surface area contributed by atoms with E-state index < -0.39 is 0 Å². The van der Waals surface area contributed by atoms with Gasteiger partial charge in [0, 0.05) is 12.6 Å². The van der Waals surface area contributed by atoms with Crippen LogP contribution < -0.4 is 10.6 Å². The number of hydrogen-bond donors (Lipinski definition) is 2. The van der Waals surface area contributed by atoms with Crippen molar-refractivity contribution in [3.63, 3.8) is 0 Å². The lowest BCUT2D eigenvalue weighted by molar-refractivity contribution is -0.145. The quantitative estimate of drug-likeness (QED) is 0.621. The molecule has 2 saturated heterocycles. The molecule has 84 valence electrons. The van der Waals surface area contributed by atoms with Gasteiger partial charge in [-0.25, -0.2) is 0 Å². The summed E-state index contributed by atoms with van der Waals surface area (Å²) in [6, 6.07) is 0.0379. The number of rotatable bonds is 2. The van der Waals surface area contributed by atoms with Gasteiger partial charge in [0.15, 0.2) is 0 Å². The van der Waals surface area contributed by atoms with Crippen LogP contribution in [-0.2, 0) is 9.59 Å². The summed E-state index contributed by atoms with van der Waals surface area (Å²) in [5.74, 6) is -0.0246. The van der Waals surface area contributed by atoms with Crippen molar-refractivity contribution in [2.75, 3.05) is 19.6 Å². The van der Waals surface area contributed by atoms with Crippen molar-refractivity contribution >= 4 is 11.8 Å². The fraction of sp³-hybridized carbons (Fsp3) is 0.800. The number of hydrogen-bond acceptors (Lipinski definition) is 3. The van der Waals surface area contributed by atoms with Crippen LogP contribution in [0.4, 0.5) is 0 Å². The second-order valence-electron chi connectivity index (χ2n) is 4.23. The second-order valence-corrected chi connectivity index (χ2v) is 4.23. The van der Waals surface area contributed by atoms with Crippen molar-refractivity contribution in [3.8, 4) is 0 Å².